The van der Waals surface area contributed by atoms with Crippen molar-refractivity contribution in [2.45, 2.75) is 64.1 Å². The number of rotatable bonds is 5. The van der Waals surface area contributed by atoms with Crippen LogP contribution in [0.2, 0.25) is 0 Å². The molecule has 0 aromatic heterocycles. The number of phenolic OH excluding ortho intramolecular Hbond substituents is 1. The lowest BCUT2D eigenvalue weighted by Crippen LogP contribution is -2.56. The van der Waals surface area contributed by atoms with E-state index in [2.05, 4.69) is 9.80 Å². The number of piperazine rings is 1. The van der Waals surface area contributed by atoms with Crippen LogP contribution in [0.25, 0.3) is 5.70 Å². The van der Waals surface area contributed by atoms with Gasteiger partial charge in [0.25, 0.3) is 0 Å². The van der Waals surface area contributed by atoms with Crippen LogP contribution in [0.15, 0.2) is 41.9 Å². The minimum atomic E-state index is -0.480. The quantitative estimate of drug-likeness (QED) is 0.455. The number of allylic oxidation sites excluding steroid dienone is 1. The summed E-state index contributed by atoms with van der Waals surface area (Å²) in [5, 5.41) is 10.2. The van der Waals surface area contributed by atoms with E-state index in [0.717, 1.165) is 58.4 Å². The molecule has 0 spiro atoms. The largest absolute Gasteiger partial charge is 0.507 e. The third kappa shape index (κ3) is 6.00. The van der Waals surface area contributed by atoms with Gasteiger partial charge in [-0.15, -0.1) is 0 Å². The van der Waals surface area contributed by atoms with Crippen LogP contribution in [0, 0.1) is 5.92 Å². The van der Waals surface area contributed by atoms with Gasteiger partial charge in [0.05, 0.1) is 5.70 Å². The van der Waals surface area contributed by atoms with Crippen molar-refractivity contribution in [2.75, 3.05) is 32.7 Å². The van der Waals surface area contributed by atoms with Crippen molar-refractivity contribution in [1.82, 2.24) is 14.7 Å². The Kier molecular flexibility index (Phi) is 7.59. The number of nitrogens with zero attached hydrogens (tertiary/aromatic N) is 3. The van der Waals surface area contributed by atoms with Gasteiger partial charge in [-0.2, -0.15) is 0 Å². The lowest BCUT2D eigenvalue weighted by molar-refractivity contribution is 0.00950. The number of benzene rings is 1. The molecule has 1 amide bonds. The fourth-order valence-electron chi connectivity index (χ4n) is 5.79. The van der Waals surface area contributed by atoms with Crippen LogP contribution < -0.4 is 17.2 Å². The van der Waals surface area contributed by atoms with Crippen LogP contribution in [-0.2, 0) is 4.74 Å². The van der Waals surface area contributed by atoms with Crippen molar-refractivity contribution in [1.29, 1.82) is 0 Å². The standard InChI is InChI=1S/C27H42N6O3/c1-27(2,3)36-26(35)31-12-6-7-18(14-31)15-33-19-10-11-20(33)17-32(16-19)23(25(29)30)13-22(28)21-8-4-5-9-24(21)34/h4-5,8-9,13,18-20,34H,6-7,10-12,14-17,28-30H2,1-3H3/b22-13-. The SMILES string of the molecule is CC(C)(C)OC(=O)N1CCCC(CN2C3CCC2CN(C(/C=C(\N)c2ccccc2O)=C(N)N)C3)C1. The molecule has 3 aliphatic heterocycles. The molecule has 3 atom stereocenters. The van der Waals surface area contributed by atoms with Gasteiger partial charge in [-0.05, 0) is 70.6 Å². The highest BCUT2D eigenvalue weighted by Crippen LogP contribution is 2.35. The average molecular weight is 499 g/mol. The zero-order valence-corrected chi connectivity index (χ0v) is 21.8. The van der Waals surface area contributed by atoms with E-state index in [1.165, 1.54) is 0 Å². The fraction of sp³-hybridized carbons (Fsp3) is 0.593. The zero-order chi connectivity index (χ0) is 26.0. The third-order valence-electron chi connectivity index (χ3n) is 7.42. The molecule has 9 nitrogen and oxygen atoms in total. The molecule has 7 N–H and O–H groups in total. The molecular weight excluding hydrogens is 456 g/mol. The maximum Gasteiger partial charge on any atom is 0.410 e. The number of carbonyl (C=O) groups is 1. The number of amides is 1. The number of likely N-dealkylation sites (tertiary alicyclic amines) is 2. The molecule has 0 aliphatic carbocycles. The normalized spacial score (nSPS) is 25.1. The smallest absolute Gasteiger partial charge is 0.410 e. The third-order valence-corrected chi connectivity index (χ3v) is 7.42. The molecule has 1 aromatic carbocycles. The number of para-hydroxylation sites is 1. The summed E-state index contributed by atoms with van der Waals surface area (Å²) in [6, 6.07) is 7.77. The van der Waals surface area contributed by atoms with E-state index in [1.54, 1.807) is 24.3 Å². The van der Waals surface area contributed by atoms with Crippen LogP contribution in [0.1, 0.15) is 52.0 Å². The Morgan fingerprint density at radius 1 is 1.06 bits per heavy atom. The number of piperidine rings is 1. The predicted molar refractivity (Wildman–Crippen MR) is 141 cm³/mol. The van der Waals surface area contributed by atoms with Crippen molar-refractivity contribution < 1.29 is 14.6 Å². The molecular formula is C27H42N6O3. The first-order chi connectivity index (χ1) is 17.0. The number of nitrogens with two attached hydrogens (primary N) is 3. The first-order valence-corrected chi connectivity index (χ1v) is 13.0. The lowest BCUT2D eigenvalue weighted by Gasteiger charge is -2.45. The Hall–Kier alpha value is -3.07. The number of carbonyl (C=O) groups excluding carboxylic acids is 1. The van der Waals surface area contributed by atoms with Gasteiger partial charge in [0.1, 0.15) is 17.2 Å². The summed E-state index contributed by atoms with van der Waals surface area (Å²) in [6.45, 7) is 9.85. The maximum absolute atomic E-state index is 12.6. The van der Waals surface area contributed by atoms with E-state index in [9.17, 15) is 9.90 Å². The Bertz CT molecular complexity index is 999. The van der Waals surface area contributed by atoms with Gasteiger partial charge in [0.2, 0.25) is 0 Å². The number of hydrogen-bond donors (Lipinski definition) is 4. The van der Waals surface area contributed by atoms with Crippen molar-refractivity contribution in [3.63, 3.8) is 0 Å². The number of fused-ring (bicyclic) bond motifs is 2. The van der Waals surface area contributed by atoms with E-state index >= 15 is 0 Å². The first kappa shape index (κ1) is 26.0. The molecule has 3 saturated heterocycles. The molecule has 1 aromatic rings. The minimum absolute atomic E-state index is 0.124. The van der Waals surface area contributed by atoms with Gasteiger partial charge in [-0.3, -0.25) is 4.90 Å². The van der Waals surface area contributed by atoms with Crippen molar-refractivity contribution >= 4 is 11.8 Å². The van der Waals surface area contributed by atoms with Crippen LogP contribution in [-0.4, -0.2) is 76.3 Å². The highest BCUT2D eigenvalue weighted by atomic mass is 16.6. The van der Waals surface area contributed by atoms with E-state index < -0.39 is 5.60 Å². The Balaban J connectivity index is 1.41. The summed E-state index contributed by atoms with van der Waals surface area (Å²) in [6.07, 6.45) is 5.95. The Labute approximate surface area is 214 Å². The second-order valence-corrected chi connectivity index (χ2v) is 11.4. The lowest BCUT2D eigenvalue weighted by atomic mass is 9.96. The average Bonchev–Trinajstić information content (AvgIpc) is 3.03. The molecule has 3 unspecified atom stereocenters. The molecule has 36 heavy (non-hydrogen) atoms. The summed E-state index contributed by atoms with van der Waals surface area (Å²) < 4.78 is 5.61. The topological polar surface area (TPSA) is 134 Å². The van der Waals surface area contributed by atoms with Gasteiger partial charge >= 0.3 is 6.09 Å². The Morgan fingerprint density at radius 3 is 2.33 bits per heavy atom. The first-order valence-electron chi connectivity index (χ1n) is 13.0. The summed E-state index contributed by atoms with van der Waals surface area (Å²) >= 11 is 0. The summed E-state index contributed by atoms with van der Waals surface area (Å²) in [4.78, 5) is 19.3. The number of phenols is 1. The number of aromatic hydroxyl groups is 1. The second-order valence-electron chi connectivity index (χ2n) is 11.4. The van der Waals surface area contributed by atoms with Gasteiger partial charge in [0, 0.05) is 56.1 Å². The van der Waals surface area contributed by atoms with Gasteiger partial charge in [-0.25, -0.2) is 4.79 Å². The number of ether oxygens (including phenoxy) is 1. The Morgan fingerprint density at radius 2 is 1.72 bits per heavy atom. The van der Waals surface area contributed by atoms with E-state index in [4.69, 9.17) is 21.9 Å². The highest BCUT2D eigenvalue weighted by Gasteiger charge is 2.42. The minimum Gasteiger partial charge on any atom is -0.507 e. The van der Waals surface area contributed by atoms with Crippen LogP contribution in [0.3, 0.4) is 0 Å². The monoisotopic (exact) mass is 498 g/mol. The van der Waals surface area contributed by atoms with E-state index in [0.29, 0.717) is 35.0 Å². The van der Waals surface area contributed by atoms with Crippen LogP contribution in [0.4, 0.5) is 4.79 Å². The van der Waals surface area contributed by atoms with Gasteiger partial charge < -0.3 is 36.8 Å². The van der Waals surface area contributed by atoms with Gasteiger partial charge in [0.15, 0.2) is 0 Å². The summed E-state index contributed by atoms with van der Waals surface area (Å²) in [5.41, 5.74) is 19.8. The fourth-order valence-corrected chi connectivity index (χ4v) is 5.79. The predicted octanol–water partition coefficient (Wildman–Crippen LogP) is 2.57. The van der Waals surface area contributed by atoms with E-state index in [-0.39, 0.29) is 17.7 Å². The molecule has 0 saturated carbocycles. The summed E-state index contributed by atoms with van der Waals surface area (Å²) in [5.74, 6) is 0.785. The van der Waals surface area contributed by atoms with Crippen molar-refractivity contribution in [3.05, 3.63) is 47.4 Å². The maximum atomic E-state index is 12.6. The van der Waals surface area contributed by atoms with Crippen LogP contribution in [0.5, 0.6) is 5.75 Å². The van der Waals surface area contributed by atoms with Crippen molar-refractivity contribution in [2.24, 2.45) is 23.1 Å². The highest BCUT2D eigenvalue weighted by molar-refractivity contribution is 5.70. The summed E-state index contributed by atoms with van der Waals surface area (Å²) in [7, 11) is 0. The van der Waals surface area contributed by atoms with Crippen LogP contribution >= 0.6 is 0 Å². The van der Waals surface area contributed by atoms with Crippen molar-refractivity contribution in [3.8, 4) is 5.75 Å². The molecule has 3 aliphatic rings. The van der Waals surface area contributed by atoms with E-state index in [1.807, 2.05) is 31.7 Å². The molecule has 3 fully saturated rings. The molecule has 0 radical (unpaired) electrons. The molecule has 198 valence electrons. The molecule has 9 heteroatoms. The second kappa shape index (κ2) is 10.5. The molecule has 2 bridgehead atoms. The van der Waals surface area contributed by atoms with Gasteiger partial charge in [-0.1, -0.05) is 12.1 Å². The zero-order valence-electron chi connectivity index (χ0n) is 21.8. The molecule has 3 heterocycles. The number of hydrogen-bond acceptors (Lipinski definition) is 8. The molecule has 4 rings (SSSR count).